The molecule has 0 fully saturated rings. The molecule has 100 valence electrons. The van der Waals surface area contributed by atoms with Crippen LogP contribution >= 0.6 is 0 Å². The molecule has 0 radical (unpaired) electrons. The number of ether oxygens (including phenoxy) is 1. The third-order valence-corrected chi connectivity index (χ3v) is 2.53. The van der Waals surface area contributed by atoms with Gasteiger partial charge in [0.2, 0.25) is 5.88 Å². The second-order valence-electron chi connectivity index (χ2n) is 3.90. The van der Waals surface area contributed by atoms with Gasteiger partial charge in [0.05, 0.1) is 5.35 Å². The Bertz CT molecular complexity index is 607. The lowest BCUT2D eigenvalue weighted by atomic mass is 10.3. The molecule has 0 bridgehead atoms. The Morgan fingerprint density at radius 3 is 2.47 bits per heavy atom. The number of rotatable bonds is 4. The molecular weight excluding hydrogens is 234 g/mol. The fourth-order valence-corrected chi connectivity index (χ4v) is 1.56. The fourth-order valence-electron chi connectivity index (χ4n) is 1.56. The molecule has 1 aromatic rings. The summed E-state index contributed by atoms with van der Waals surface area (Å²) in [5.74, 6) is 1.40. The monoisotopic (exact) mass is 255 g/mol. The molecule has 0 saturated carbocycles. The number of hydrogen-bond donors (Lipinski definition) is 0. The van der Waals surface area contributed by atoms with Crippen LogP contribution in [-0.2, 0) is 0 Å². The van der Waals surface area contributed by atoms with Crippen molar-refractivity contribution in [2.24, 2.45) is 0 Å². The van der Waals surface area contributed by atoms with Crippen molar-refractivity contribution >= 4 is 12.2 Å². The van der Waals surface area contributed by atoms with Crippen LogP contribution in [0.1, 0.15) is 27.7 Å². The van der Waals surface area contributed by atoms with Crippen molar-refractivity contribution in [2.75, 3.05) is 0 Å². The van der Waals surface area contributed by atoms with E-state index in [9.17, 15) is 0 Å². The quantitative estimate of drug-likeness (QED) is 0.609. The average molecular weight is 255 g/mol. The van der Waals surface area contributed by atoms with Crippen LogP contribution in [0.3, 0.4) is 0 Å². The summed E-state index contributed by atoms with van der Waals surface area (Å²) < 4.78 is 5.73. The predicted octanol–water partition coefficient (Wildman–Crippen LogP) is 3.10. The van der Waals surface area contributed by atoms with Gasteiger partial charge in [0, 0.05) is 6.07 Å². The number of pyridine rings is 1. The summed E-state index contributed by atoms with van der Waals surface area (Å²) in [4.78, 5) is 4.52. The van der Waals surface area contributed by atoms with E-state index >= 15 is 0 Å². The lowest BCUT2D eigenvalue weighted by Gasteiger charge is -2.04. The van der Waals surface area contributed by atoms with Gasteiger partial charge in [0.15, 0.2) is 0 Å². The summed E-state index contributed by atoms with van der Waals surface area (Å²) in [7, 11) is 0. The van der Waals surface area contributed by atoms with Gasteiger partial charge in [-0.1, -0.05) is 24.3 Å². The minimum absolute atomic E-state index is 0.604. The molecule has 1 rings (SSSR count). The molecule has 1 heterocycles. The number of nitrogens with zero attached hydrogens (tertiary/aromatic N) is 1. The highest BCUT2D eigenvalue weighted by Crippen LogP contribution is 2.07. The van der Waals surface area contributed by atoms with Crippen molar-refractivity contribution in [2.45, 2.75) is 27.7 Å². The van der Waals surface area contributed by atoms with Gasteiger partial charge in [-0.2, -0.15) is 0 Å². The molecule has 0 aromatic carbocycles. The van der Waals surface area contributed by atoms with E-state index in [1.54, 1.807) is 0 Å². The van der Waals surface area contributed by atoms with Crippen LogP contribution in [-0.4, -0.2) is 4.98 Å². The average Bonchev–Trinajstić information content (AvgIpc) is 2.44. The first-order valence-electron chi connectivity index (χ1n) is 6.48. The first-order valence-corrected chi connectivity index (χ1v) is 6.48. The molecule has 0 spiro atoms. The van der Waals surface area contributed by atoms with Crippen molar-refractivity contribution in [3.05, 3.63) is 58.8 Å². The highest BCUT2D eigenvalue weighted by molar-refractivity contribution is 5.37. The molecule has 19 heavy (non-hydrogen) atoms. The van der Waals surface area contributed by atoms with E-state index in [0.717, 1.165) is 16.3 Å². The first-order chi connectivity index (χ1) is 9.24. The maximum atomic E-state index is 5.73. The van der Waals surface area contributed by atoms with Gasteiger partial charge in [-0.05, 0) is 57.2 Å². The van der Waals surface area contributed by atoms with Crippen LogP contribution in [0.5, 0.6) is 5.88 Å². The van der Waals surface area contributed by atoms with E-state index in [1.165, 1.54) is 0 Å². The molecule has 0 aliphatic carbocycles. The predicted molar refractivity (Wildman–Crippen MR) is 82.1 cm³/mol. The molecule has 0 aliphatic heterocycles. The molecule has 2 heteroatoms. The maximum absolute atomic E-state index is 5.73. The second-order valence-corrected chi connectivity index (χ2v) is 3.90. The Morgan fingerprint density at radius 1 is 1.11 bits per heavy atom. The number of allylic oxidation sites excluding steroid dienone is 5. The molecule has 0 amide bonds. The highest BCUT2D eigenvalue weighted by Gasteiger charge is 1.98. The molecule has 0 unspecified atom stereocenters. The number of hydrogen-bond acceptors (Lipinski definition) is 2. The summed E-state index contributed by atoms with van der Waals surface area (Å²) in [6.45, 7) is 7.88. The van der Waals surface area contributed by atoms with Crippen molar-refractivity contribution in [3.8, 4) is 5.88 Å². The Morgan fingerprint density at radius 2 is 1.89 bits per heavy atom. The minimum Gasteiger partial charge on any atom is -0.439 e. The summed E-state index contributed by atoms with van der Waals surface area (Å²) in [5, 5.41) is 2.01. The minimum atomic E-state index is 0.604. The Balaban J connectivity index is 3.19. The van der Waals surface area contributed by atoms with Crippen LogP contribution in [0.25, 0.3) is 12.2 Å². The van der Waals surface area contributed by atoms with Crippen molar-refractivity contribution in [1.82, 2.24) is 4.98 Å². The zero-order valence-corrected chi connectivity index (χ0v) is 12.1. The van der Waals surface area contributed by atoms with Gasteiger partial charge in [-0.25, -0.2) is 4.98 Å². The fraction of sp³-hybridized carbons (Fsp3) is 0.235. The third kappa shape index (κ3) is 4.59. The van der Waals surface area contributed by atoms with Gasteiger partial charge >= 0.3 is 0 Å². The van der Waals surface area contributed by atoms with Gasteiger partial charge in [0.25, 0.3) is 0 Å². The summed E-state index contributed by atoms with van der Waals surface area (Å²) in [6, 6.07) is 3.90. The lowest BCUT2D eigenvalue weighted by Crippen LogP contribution is -2.27. The third-order valence-electron chi connectivity index (χ3n) is 2.53. The van der Waals surface area contributed by atoms with Crippen molar-refractivity contribution < 1.29 is 4.74 Å². The zero-order chi connectivity index (χ0) is 14.1. The highest BCUT2D eigenvalue weighted by atomic mass is 16.5. The Hall–Kier alpha value is -2.09. The van der Waals surface area contributed by atoms with Gasteiger partial charge in [-0.3, -0.25) is 0 Å². The lowest BCUT2D eigenvalue weighted by molar-refractivity contribution is 0.424. The summed E-state index contributed by atoms with van der Waals surface area (Å²) in [6.07, 6.45) is 13.7. The molecule has 0 saturated heterocycles. The Kier molecular flexibility index (Phi) is 6.37. The van der Waals surface area contributed by atoms with Crippen LogP contribution in [0.4, 0.5) is 0 Å². The van der Waals surface area contributed by atoms with Gasteiger partial charge in [-0.15, -0.1) is 0 Å². The summed E-state index contributed by atoms with van der Waals surface area (Å²) >= 11 is 0. The van der Waals surface area contributed by atoms with Crippen LogP contribution in [0, 0.1) is 0 Å². The molecule has 0 N–H and O–H groups in total. The first kappa shape index (κ1) is 15.0. The largest absolute Gasteiger partial charge is 0.439 e. The zero-order valence-electron chi connectivity index (χ0n) is 12.1. The topological polar surface area (TPSA) is 22.1 Å². The van der Waals surface area contributed by atoms with Gasteiger partial charge in [0.1, 0.15) is 5.76 Å². The van der Waals surface area contributed by atoms with Crippen LogP contribution in [0.2, 0.25) is 0 Å². The van der Waals surface area contributed by atoms with E-state index < -0.39 is 0 Å². The van der Waals surface area contributed by atoms with E-state index in [1.807, 2.05) is 82.4 Å². The smallest absolute Gasteiger partial charge is 0.219 e. The molecule has 0 aliphatic rings. The SMILES string of the molecule is C\C=C/C=c1/nc(OC(/C=C\C)=C/C)cc/c1=C/C. The van der Waals surface area contributed by atoms with Crippen molar-refractivity contribution in [3.63, 3.8) is 0 Å². The molecular formula is C17H21NO. The van der Waals surface area contributed by atoms with E-state index in [-0.39, 0.29) is 0 Å². The molecule has 2 nitrogen and oxygen atoms in total. The van der Waals surface area contributed by atoms with E-state index in [0.29, 0.717) is 5.88 Å². The van der Waals surface area contributed by atoms with Crippen LogP contribution < -0.4 is 15.3 Å². The molecule has 0 atom stereocenters. The maximum Gasteiger partial charge on any atom is 0.219 e. The molecule has 1 aromatic heterocycles. The van der Waals surface area contributed by atoms with E-state index in [2.05, 4.69) is 4.98 Å². The van der Waals surface area contributed by atoms with Crippen LogP contribution in [0.15, 0.2) is 48.3 Å². The van der Waals surface area contributed by atoms with E-state index in [4.69, 9.17) is 4.74 Å². The standard InChI is InChI=1S/C17H21NO/c1-5-9-11-16-14(7-3)12-13-17(18-16)19-15(8-4)10-6-2/h5-13H,1-4H3/b9-5-,10-6-,14-7-,15-8+,16-11+. The Labute approximate surface area is 115 Å². The number of aromatic nitrogens is 1. The van der Waals surface area contributed by atoms with Gasteiger partial charge < -0.3 is 4.74 Å². The second kappa shape index (κ2) is 8.09. The van der Waals surface area contributed by atoms with Crippen molar-refractivity contribution in [1.29, 1.82) is 0 Å². The summed E-state index contributed by atoms with van der Waals surface area (Å²) in [5.41, 5.74) is 0. The normalized spacial score (nSPS) is 14.8.